The topological polar surface area (TPSA) is 124 Å². The Morgan fingerprint density at radius 1 is 0.970 bits per heavy atom. The number of amides is 1. The third kappa shape index (κ3) is 3.65. The van der Waals surface area contributed by atoms with E-state index in [0.717, 1.165) is 10.8 Å². The van der Waals surface area contributed by atoms with Crippen LogP contribution in [0.4, 0.5) is 5.69 Å². The number of hydrogen-bond donors (Lipinski definition) is 2. The third-order valence-electron chi connectivity index (χ3n) is 5.20. The Bertz CT molecular complexity index is 1600. The molecule has 3 aromatic carbocycles. The van der Waals surface area contributed by atoms with Gasteiger partial charge in [-0.25, -0.2) is 9.89 Å². The van der Waals surface area contributed by atoms with E-state index < -0.39 is 24.0 Å². The normalized spacial score (nSPS) is 11.1. The van der Waals surface area contributed by atoms with Gasteiger partial charge in [-0.15, -0.1) is 0 Å². The summed E-state index contributed by atoms with van der Waals surface area (Å²) in [6.07, 6.45) is 0. The standard InChI is InChI=1S/C24H17N3O6/c1-31-20-10-16-13-6-4-5-9-18(13)33-19(16)11-17(20)25-21(28)12-32-24(30)22-14-7-2-3-8-15(14)23(29)27-26-22/h2-11H,12H2,1H3,(H,25,28)(H,27,29). The molecule has 5 aromatic rings. The molecule has 9 heteroatoms. The van der Waals surface area contributed by atoms with E-state index >= 15 is 0 Å². The average molecular weight is 443 g/mol. The van der Waals surface area contributed by atoms with Crippen molar-refractivity contribution < 1.29 is 23.5 Å². The van der Waals surface area contributed by atoms with Gasteiger partial charge in [-0.2, -0.15) is 5.10 Å². The summed E-state index contributed by atoms with van der Waals surface area (Å²) >= 11 is 0. The van der Waals surface area contributed by atoms with Gasteiger partial charge in [0, 0.05) is 22.2 Å². The molecule has 0 fully saturated rings. The molecule has 9 nitrogen and oxygen atoms in total. The summed E-state index contributed by atoms with van der Waals surface area (Å²) in [4.78, 5) is 36.9. The fraction of sp³-hybridized carbons (Fsp3) is 0.0833. The second-order valence-electron chi connectivity index (χ2n) is 7.22. The number of carbonyl (C=O) groups is 2. The lowest BCUT2D eigenvalue weighted by Crippen LogP contribution is -2.23. The largest absolute Gasteiger partial charge is 0.495 e. The van der Waals surface area contributed by atoms with Gasteiger partial charge in [-0.1, -0.05) is 36.4 Å². The number of benzene rings is 3. The van der Waals surface area contributed by atoms with Gasteiger partial charge < -0.3 is 19.2 Å². The SMILES string of the molecule is COc1cc2c(cc1NC(=O)COC(=O)c1n[nH]c(=O)c3ccccc13)oc1ccccc12. The molecule has 0 bridgehead atoms. The number of rotatable bonds is 5. The Kier molecular flexibility index (Phi) is 4.98. The number of ether oxygens (including phenoxy) is 2. The molecular formula is C24H17N3O6. The predicted molar refractivity (Wildman–Crippen MR) is 122 cm³/mol. The van der Waals surface area contributed by atoms with Crippen molar-refractivity contribution in [3.63, 3.8) is 0 Å². The van der Waals surface area contributed by atoms with Crippen LogP contribution in [-0.2, 0) is 9.53 Å². The third-order valence-corrected chi connectivity index (χ3v) is 5.20. The van der Waals surface area contributed by atoms with E-state index in [1.165, 1.54) is 7.11 Å². The molecule has 0 radical (unpaired) electrons. The van der Waals surface area contributed by atoms with E-state index in [2.05, 4.69) is 15.5 Å². The molecule has 5 rings (SSSR count). The molecule has 1 amide bonds. The van der Waals surface area contributed by atoms with Crippen molar-refractivity contribution in [1.82, 2.24) is 10.2 Å². The zero-order valence-electron chi connectivity index (χ0n) is 17.4. The van der Waals surface area contributed by atoms with Crippen LogP contribution < -0.4 is 15.6 Å². The number of aromatic amines is 1. The molecule has 33 heavy (non-hydrogen) atoms. The highest BCUT2D eigenvalue weighted by molar-refractivity contribution is 6.08. The van der Waals surface area contributed by atoms with Crippen LogP contribution in [0.15, 0.2) is 69.9 Å². The van der Waals surface area contributed by atoms with Gasteiger partial charge in [-0.05, 0) is 18.2 Å². The minimum absolute atomic E-state index is 0.0840. The number of furan rings is 1. The Hall–Kier alpha value is -4.66. The number of para-hydroxylation sites is 1. The Balaban J connectivity index is 1.35. The van der Waals surface area contributed by atoms with Crippen molar-refractivity contribution in [2.75, 3.05) is 19.0 Å². The molecule has 0 saturated heterocycles. The molecule has 164 valence electrons. The van der Waals surface area contributed by atoms with E-state index in [1.807, 2.05) is 24.3 Å². The van der Waals surface area contributed by atoms with E-state index in [0.29, 0.717) is 33.4 Å². The van der Waals surface area contributed by atoms with Gasteiger partial charge in [0.15, 0.2) is 12.3 Å². The first-order valence-corrected chi connectivity index (χ1v) is 9.99. The van der Waals surface area contributed by atoms with Crippen molar-refractivity contribution >= 4 is 50.3 Å². The molecule has 0 atom stereocenters. The minimum Gasteiger partial charge on any atom is -0.495 e. The Labute approximate surface area is 185 Å². The molecule has 0 aliphatic carbocycles. The lowest BCUT2D eigenvalue weighted by atomic mass is 10.1. The number of fused-ring (bicyclic) bond motifs is 4. The number of nitrogens with one attached hydrogen (secondary N) is 2. The summed E-state index contributed by atoms with van der Waals surface area (Å²) in [5.74, 6) is -0.981. The van der Waals surface area contributed by atoms with Crippen molar-refractivity contribution in [3.8, 4) is 5.75 Å². The van der Waals surface area contributed by atoms with Crippen molar-refractivity contribution in [3.05, 3.63) is 76.7 Å². The highest BCUT2D eigenvalue weighted by Gasteiger charge is 2.18. The van der Waals surface area contributed by atoms with E-state index in [-0.39, 0.29) is 5.69 Å². The maximum Gasteiger partial charge on any atom is 0.359 e. The molecule has 0 spiro atoms. The molecule has 2 heterocycles. The van der Waals surface area contributed by atoms with Crippen LogP contribution in [0.2, 0.25) is 0 Å². The zero-order chi connectivity index (χ0) is 22.9. The summed E-state index contributed by atoms with van der Waals surface area (Å²) in [7, 11) is 1.49. The van der Waals surface area contributed by atoms with Gasteiger partial charge in [0.1, 0.15) is 16.9 Å². The molecule has 0 unspecified atom stereocenters. The quantitative estimate of drug-likeness (QED) is 0.398. The Morgan fingerprint density at radius 3 is 2.48 bits per heavy atom. The maximum absolute atomic E-state index is 12.5. The number of anilines is 1. The molecule has 0 aliphatic rings. The molecule has 2 aromatic heterocycles. The van der Waals surface area contributed by atoms with Crippen molar-refractivity contribution in [1.29, 1.82) is 0 Å². The van der Waals surface area contributed by atoms with Crippen LogP contribution in [0.5, 0.6) is 5.75 Å². The van der Waals surface area contributed by atoms with E-state index in [1.54, 1.807) is 36.4 Å². The molecule has 2 N–H and O–H groups in total. The molecular weight excluding hydrogens is 426 g/mol. The fourth-order valence-corrected chi connectivity index (χ4v) is 3.67. The van der Waals surface area contributed by atoms with E-state index in [4.69, 9.17) is 13.9 Å². The van der Waals surface area contributed by atoms with Crippen LogP contribution in [0.1, 0.15) is 10.5 Å². The smallest absolute Gasteiger partial charge is 0.359 e. The van der Waals surface area contributed by atoms with Gasteiger partial charge in [0.05, 0.1) is 18.2 Å². The number of methoxy groups -OCH3 is 1. The van der Waals surface area contributed by atoms with Crippen LogP contribution >= 0.6 is 0 Å². The first-order chi connectivity index (χ1) is 16.0. The first-order valence-electron chi connectivity index (χ1n) is 9.99. The zero-order valence-corrected chi connectivity index (χ0v) is 17.4. The summed E-state index contributed by atoms with van der Waals surface area (Å²) < 4.78 is 16.4. The van der Waals surface area contributed by atoms with Gasteiger partial charge in [0.2, 0.25) is 0 Å². The number of nitrogens with zero attached hydrogens (tertiary/aromatic N) is 1. The highest BCUT2D eigenvalue weighted by Crippen LogP contribution is 2.36. The minimum atomic E-state index is -0.836. The second kappa shape index (κ2) is 8.12. The summed E-state index contributed by atoms with van der Waals surface area (Å²) in [6, 6.07) is 17.5. The lowest BCUT2D eigenvalue weighted by molar-refractivity contribution is -0.119. The summed E-state index contributed by atoms with van der Waals surface area (Å²) in [5, 5.41) is 11.1. The molecule has 0 saturated carbocycles. The number of hydrogen-bond acceptors (Lipinski definition) is 7. The summed E-state index contributed by atoms with van der Waals surface area (Å²) in [6.45, 7) is -0.560. The number of H-pyrrole nitrogens is 1. The highest BCUT2D eigenvalue weighted by atomic mass is 16.5. The van der Waals surface area contributed by atoms with E-state index in [9.17, 15) is 14.4 Å². The Morgan fingerprint density at radius 2 is 1.70 bits per heavy atom. The number of aromatic nitrogens is 2. The van der Waals surface area contributed by atoms with Gasteiger partial charge >= 0.3 is 5.97 Å². The average Bonchev–Trinajstić information content (AvgIpc) is 3.19. The fourth-order valence-electron chi connectivity index (χ4n) is 3.67. The second-order valence-corrected chi connectivity index (χ2v) is 7.22. The summed E-state index contributed by atoms with van der Waals surface area (Å²) in [5.41, 5.74) is 1.16. The predicted octanol–water partition coefficient (Wildman–Crippen LogP) is 3.63. The van der Waals surface area contributed by atoms with Crippen LogP contribution in [-0.4, -0.2) is 35.8 Å². The maximum atomic E-state index is 12.5. The number of esters is 1. The van der Waals surface area contributed by atoms with Crippen LogP contribution in [0, 0.1) is 0 Å². The van der Waals surface area contributed by atoms with Crippen LogP contribution in [0.25, 0.3) is 32.7 Å². The van der Waals surface area contributed by atoms with Gasteiger partial charge in [0.25, 0.3) is 11.5 Å². The van der Waals surface area contributed by atoms with Gasteiger partial charge in [-0.3, -0.25) is 9.59 Å². The number of carbonyl (C=O) groups excluding carboxylic acids is 2. The first kappa shape index (κ1) is 20.3. The molecule has 0 aliphatic heterocycles. The lowest BCUT2D eigenvalue weighted by Gasteiger charge is -2.11. The van der Waals surface area contributed by atoms with Crippen LogP contribution in [0.3, 0.4) is 0 Å². The monoisotopic (exact) mass is 443 g/mol. The van der Waals surface area contributed by atoms with Crippen molar-refractivity contribution in [2.45, 2.75) is 0 Å². The van der Waals surface area contributed by atoms with Crippen molar-refractivity contribution in [2.24, 2.45) is 0 Å².